The number of hydrogen-bond acceptors (Lipinski definition) is 3. The van der Waals surface area contributed by atoms with Gasteiger partial charge in [-0.2, -0.15) is 5.10 Å². The molecule has 2 atom stereocenters. The molecule has 0 fully saturated rings. The minimum absolute atomic E-state index is 0.248. The molecule has 0 saturated heterocycles. The number of aromatic nitrogens is 2. The molecule has 1 heterocycles. The van der Waals surface area contributed by atoms with E-state index in [1.807, 2.05) is 23.0 Å². The van der Waals surface area contributed by atoms with Crippen molar-refractivity contribution in [2.45, 2.75) is 43.7 Å². The van der Waals surface area contributed by atoms with E-state index >= 15 is 0 Å². The number of halogens is 1. The lowest BCUT2D eigenvalue weighted by Crippen LogP contribution is -2.14. The average molecular weight is 308 g/mol. The van der Waals surface area contributed by atoms with Crippen molar-refractivity contribution in [3.63, 3.8) is 0 Å². The van der Waals surface area contributed by atoms with Gasteiger partial charge < -0.3 is 5.11 Å². The lowest BCUT2D eigenvalue weighted by atomic mass is 10.2. The Balaban J connectivity index is 1.84. The second kappa shape index (κ2) is 7.61. The third-order valence-electron chi connectivity index (χ3n) is 3.39. The third kappa shape index (κ3) is 4.86. The van der Waals surface area contributed by atoms with Crippen molar-refractivity contribution < 1.29 is 9.50 Å². The molecule has 114 valence electrons. The van der Waals surface area contributed by atoms with Crippen LogP contribution in [0, 0.1) is 5.82 Å². The SMILES string of the molecule is CCC(C)n1ccc(CC(O)CSc2cccc(F)c2)n1. The predicted molar refractivity (Wildman–Crippen MR) is 84.1 cm³/mol. The summed E-state index contributed by atoms with van der Waals surface area (Å²) in [4.78, 5) is 0.833. The maximum atomic E-state index is 13.1. The predicted octanol–water partition coefficient (Wildman–Crippen LogP) is 3.69. The number of thioether (sulfide) groups is 1. The zero-order valence-electron chi connectivity index (χ0n) is 12.4. The van der Waals surface area contributed by atoms with E-state index in [0.29, 0.717) is 18.2 Å². The molecule has 1 aromatic heterocycles. The van der Waals surface area contributed by atoms with Crippen LogP contribution >= 0.6 is 11.8 Å². The van der Waals surface area contributed by atoms with Gasteiger partial charge in [-0.3, -0.25) is 4.68 Å². The van der Waals surface area contributed by atoms with E-state index in [2.05, 4.69) is 18.9 Å². The number of nitrogens with zero attached hydrogens (tertiary/aromatic N) is 2. The first-order chi connectivity index (χ1) is 10.1. The highest BCUT2D eigenvalue weighted by Gasteiger charge is 2.10. The van der Waals surface area contributed by atoms with E-state index in [9.17, 15) is 9.50 Å². The van der Waals surface area contributed by atoms with Gasteiger partial charge in [0.1, 0.15) is 5.82 Å². The van der Waals surface area contributed by atoms with Crippen LogP contribution < -0.4 is 0 Å². The van der Waals surface area contributed by atoms with Crippen molar-refractivity contribution in [1.82, 2.24) is 9.78 Å². The fourth-order valence-corrected chi connectivity index (χ4v) is 2.84. The smallest absolute Gasteiger partial charge is 0.124 e. The number of aliphatic hydroxyl groups is 1. The van der Waals surface area contributed by atoms with Crippen molar-refractivity contribution in [2.75, 3.05) is 5.75 Å². The van der Waals surface area contributed by atoms with Gasteiger partial charge in [0.2, 0.25) is 0 Å². The van der Waals surface area contributed by atoms with Crippen LogP contribution in [0.2, 0.25) is 0 Å². The summed E-state index contributed by atoms with van der Waals surface area (Å²) >= 11 is 1.45. The summed E-state index contributed by atoms with van der Waals surface area (Å²) in [5, 5.41) is 14.6. The molecule has 0 amide bonds. The van der Waals surface area contributed by atoms with Crippen LogP contribution in [0.4, 0.5) is 4.39 Å². The second-order valence-electron chi connectivity index (χ2n) is 5.17. The van der Waals surface area contributed by atoms with Crippen LogP contribution in [-0.4, -0.2) is 26.7 Å². The van der Waals surface area contributed by atoms with Crippen LogP contribution in [0.15, 0.2) is 41.4 Å². The fourth-order valence-electron chi connectivity index (χ4n) is 1.97. The highest BCUT2D eigenvalue weighted by Crippen LogP contribution is 2.20. The summed E-state index contributed by atoms with van der Waals surface area (Å²) < 4.78 is 15.0. The molecule has 21 heavy (non-hydrogen) atoms. The Kier molecular flexibility index (Phi) is 5.82. The van der Waals surface area contributed by atoms with Crippen LogP contribution in [-0.2, 0) is 6.42 Å². The first-order valence-corrected chi connectivity index (χ1v) is 8.17. The molecule has 0 aliphatic rings. The maximum absolute atomic E-state index is 13.1. The first-order valence-electron chi connectivity index (χ1n) is 7.19. The Morgan fingerprint density at radius 1 is 1.38 bits per heavy atom. The highest BCUT2D eigenvalue weighted by atomic mass is 32.2. The van der Waals surface area contributed by atoms with E-state index in [4.69, 9.17) is 0 Å². The van der Waals surface area contributed by atoms with Gasteiger partial charge in [0.25, 0.3) is 0 Å². The zero-order valence-corrected chi connectivity index (χ0v) is 13.2. The third-order valence-corrected chi connectivity index (χ3v) is 4.53. The number of benzene rings is 1. The van der Waals surface area contributed by atoms with E-state index in [0.717, 1.165) is 17.0 Å². The quantitative estimate of drug-likeness (QED) is 0.793. The molecule has 1 N–H and O–H groups in total. The van der Waals surface area contributed by atoms with Crippen molar-refractivity contribution >= 4 is 11.8 Å². The lowest BCUT2D eigenvalue weighted by molar-refractivity contribution is 0.198. The van der Waals surface area contributed by atoms with Crippen LogP contribution in [0.25, 0.3) is 0 Å². The molecule has 5 heteroatoms. The highest BCUT2D eigenvalue weighted by molar-refractivity contribution is 7.99. The molecule has 0 radical (unpaired) electrons. The summed E-state index contributed by atoms with van der Waals surface area (Å²) in [5.41, 5.74) is 0.891. The summed E-state index contributed by atoms with van der Waals surface area (Å²) in [7, 11) is 0. The van der Waals surface area contributed by atoms with Crippen LogP contribution in [0.5, 0.6) is 0 Å². The lowest BCUT2D eigenvalue weighted by Gasteiger charge is -2.10. The Hall–Kier alpha value is -1.33. The first kappa shape index (κ1) is 16.0. The van der Waals surface area contributed by atoms with Gasteiger partial charge >= 0.3 is 0 Å². The normalized spacial score (nSPS) is 14.1. The zero-order chi connectivity index (χ0) is 15.2. The molecular formula is C16H21FN2OS. The largest absolute Gasteiger partial charge is 0.392 e. The van der Waals surface area contributed by atoms with Gasteiger partial charge in [0.15, 0.2) is 0 Å². The van der Waals surface area contributed by atoms with Crippen molar-refractivity contribution in [3.8, 4) is 0 Å². The Bertz CT molecular complexity index is 573. The van der Waals surface area contributed by atoms with Crippen molar-refractivity contribution in [3.05, 3.63) is 48.0 Å². The minimum atomic E-state index is -0.487. The van der Waals surface area contributed by atoms with Gasteiger partial charge in [-0.05, 0) is 37.6 Å². The van der Waals surface area contributed by atoms with E-state index in [1.54, 1.807) is 6.07 Å². The summed E-state index contributed by atoms with van der Waals surface area (Å²) in [6.07, 6.45) is 3.01. The van der Waals surface area contributed by atoms with Crippen molar-refractivity contribution in [2.24, 2.45) is 0 Å². The monoisotopic (exact) mass is 308 g/mol. The van der Waals surface area contributed by atoms with Gasteiger partial charge in [0, 0.05) is 29.3 Å². The molecule has 2 aromatic rings. The van der Waals surface area contributed by atoms with Crippen molar-refractivity contribution in [1.29, 1.82) is 0 Å². The standard InChI is InChI=1S/C16H21FN2OS/c1-3-12(2)19-8-7-14(18-19)10-15(20)11-21-16-6-4-5-13(17)9-16/h4-9,12,15,20H,3,10-11H2,1-2H3. The Morgan fingerprint density at radius 3 is 2.90 bits per heavy atom. The van der Waals surface area contributed by atoms with Gasteiger partial charge in [-0.25, -0.2) is 4.39 Å². The molecule has 0 aliphatic carbocycles. The second-order valence-corrected chi connectivity index (χ2v) is 6.26. The molecule has 0 saturated carbocycles. The van der Waals surface area contributed by atoms with Gasteiger partial charge in [-0.1, -0.05) is 13.0 Å². The summed E-state index contributed by atoms with van der Waals surface area (Å²) in [6.45, 7) is 4.24. The van der Waals surface area contributed by atoms with Crippen LogP contribution in [0.1, 0.15) is 32.0 Å². The minimum Gasteiger partial charge on any atom is -0.392 e. The molecule has 3 nitrogen and oxygen atoms in total. The molecule has 1 aromatic carbocycles. The topological polar surface area (TPSA) is 38.0 Å². The average Bonchev–Trinajstić information content (AvgIpc) is 2.93. The Labute approximate surface area is 129 Å². The molecule has 0 bridgehead atoms. The number of hydrogen-bond donors (Lipinski definition) is 1. The molecule has 0 spiro atoms. The maximum Gasteiger partial charge on any atom is 0.124 e. The van der Waals surface area contributed by atoms with Gasteiger partial charge in [0.05, 0.1) is 11.8 Å². The van der Waals surface area contributed by atoms with Gasteiger partial charge in [-0.15, -0.1) is 11.8 Å². The number of rotatable bonds is 7. The summed E-state index contributed by atoms with van der Waals surface area (Å²) in [6, 6.07) is 8.74. The molecule has 2 rings (SSSR count). The summed E-state index contributed by atoms with van der Waals surface area (Å²) in [5.74, 6) is 0.279. The molecule has 0 aliphatic heterocycles. The van der Waals surface area contributed by atoms with E-state index < -0.39 is 6.10 Å². The van der Waals surface area contributed by atoms with E-state index in [1.165, 1.54) is 23.9 Å². The number of aliphatic hydroxyl groups excluding tert-OH is 1. The fraction of sp³-hybridized carbons (Fsp3) is 0.438. The Morgan fingerprint density at radius 2 is 2.19 bits per heavy atom. The van der Waals surface area contributed by atoms with E-state index in [-0.39, 0.29) is 5.82 Å². The molecular weight excluding hydrogens is 287 g/mol. The van der Waals surface area contributed by atoms with Crippen LogP contribution in [0.3, 0.4) is 0 Å². The molecule has 2 unspecified atom stereocenters.